The first-order valence-corrected chi connectivity index (χ1v) is 8.23. The highest BCUT2D eigenvalue weighted by Crippen LogP contribution is 2.30. The van der Waals surface area contributed by atoms with E-state index >= 15 is 0 Å². The minimum atomic E-state index is -1.19. The Morgan fingerprint density at radius 3 is 2.44 bits per heavy atom. The molecule has 1 heterocycles. The fourth-order valence-electron chi connectivity index (χ4n) is 2.98. The number of nitrogens with one attached hydrogen (secondary N) is 1. The van der Waals surface area contributed by atoms with Crippen LogP contribution < -0.4 is 5.32 Å². The number of imide groups is 1. The highest BCUT2D eigenvalue weighted by molar-refractivity contribution is 6.31. The van der Waals surface area contributed by atoms with Crippen LogP contribution in [0.5, 0.6) is 0 Å². The lowest BCUT2D eigenvalue weighted by atomic mass is 9.91. The zero-order chi connectivity index (χ0) is 18.2. The molecule has 0 saturated carbocycles. The summed E-state index contributed by atoms with van der Waals surface area (Å²) < 4.78 is 0. The van der Waals surface area contributed by atoms with Crippen LogP contribution in [0.4, 0.5) is 4.79 Å². The van der Waals surface area contributed by atoms with Crippen LogP contribution >= 0.6 is 11.6 Å². The maximum absolute atomic E-state index is 12.9. The van der Waals surface area contributed by atoms with Gasteiger partial charge in [0.15, 0.2) is 5.78 Å². The molecule has 0 radical (unpaired) electrons. The predicted octanol–water partition coefficient (Wildman–Crippen LogP) is 3.38. The van der Waals surface area contributed by atoms with E-state index in [-0.39, 0.29) is 5.78 Å². The minimum absolute atomic E-state index is 0.344. The second-order valence-electron chi connectivity index (χ2n) is 6.15. The number of urea groups is 1. The molecule has 128 valence electrons. The Balaban J connectivity index is 1.91. The summed E-state index contributed by atoms with van der Waals surface area (Å²) in [5.41, 5.74) is -0.173. The molecule has 1 aliphatic heterocycles. The predicted molar refractivity (Wildman–Crippen MR) is 94.4 cm³/mol. The molecule has 0 aromatic heterocycles. The summed E-state index contributed by atoms with van der Waals surface area (Å²) in [5.74, 6) is -0.796. The number of nitrogens with zero attached hydrogens (tertiary/aromatic N) is 1. The standard InChI is InChI=1S/C19H17ClN2O3/c1-12(16(23)13-7-6-10-15(20)11-13)22-17(24)19(2,21-18(22)25)14-8-4-3-5-9-14/h3-12H,1-2H3,(H,21,25)/t12-,19-/m0/s1. The van der Waals surface area contributed by atoms with Crippen molar-refractivity contribution in [3.8, 4) is 0 Å². The highest BCUT2D eigenvalue weighted by Gasteiger charge is 2.51. The number of hydrogen-bond donors (Lipinski definition) is 1. The van der Waals surface area contributed by atoms with Gasteiger partial charge in [0.1, 0.15) is 11.6 Å². The van der Waals surface area contributed by atoms with Crippen molar-refractivity contribution >= 4 is 29.3 Å². The summed E-state index contributed by atoms with van der Waals surface area (Å²) >= 11 is 5.92. The van der Waals surface area contributed by atoms with E-state index in [2.05, 4.69) is 5.32 Å². The van der Waals surface area contributed by atoms with E-state index in [1.807, 2.05) is 6.07 Å². The van der Waals surface area contributed by atoms with Crippen LogP contribution in [-0.2, 0) is 10.3 Å². The third kappa shape index (κ3) is 2.91. The van der Waals surface area contributed by atoms with Crippen LogP contribution in [-0.4, -0.2) is 28.7 Å². The zero-order valence-corrected chi connectivity index (χ0v) is 14.6. The van der Waals surface area contributed by atoms with E-state index < -0.39 is 23.5 Å². The molecular weight excluding hydrogens is 340 g/mol. The number of halogens is 1. The molecule has 3 amide bonds. The van der Waals surface area contributed by atoms with Crippen molar-refractivity contribution in [1.82, 2.24) is 10.2 Å². The van der Waals surface area contributed by atoms with Gasteiger partial charge in [-0.15, -0.1) is 0 Å². The maximum atomic E-state index is 12.9. The lowest BCUT2D eigenvalue weighted by Crippen LogP contribution is -2.45. The van der Waals surface area contributed by atoms with Gasteiger partial charge in [0.05, 0.1) is 0 Å². The summed E-state index contributed by atoms with van der Waals surface area (Å²) in [4.78, 5) is 39.1. The van der Waals surface area contributed by atoms with E-state index in [4.69, 9.17) is 11.6 Å². The van der Waals surface area contributed by atoms with Crippen LogP contribution in [0, 0.1) is 0 Å². The molecule has 1 N–H and O–H groups in total. The number of benzene rings is 2. The first-order valence-electron chi connectivity index (χ1n) is 7.85. The van der Waals surface area contributed by atoms with Gasteiger partial charge in [0.2, 0.25) is 0 Å². The Hall–Kier alpha value is -2.66. The fourth-order valence-corrected chi connectivity index (χ4v) is 3.17. The fraction of sp³-hybridized carbons (Fsp3) is 0.211. The highest BCUT2D eigenvalue weighted by atomic mass is 35.5. The Morgan fingerprint density at radius 2 is 1.80 bits per heavy atom. The van der Waals surface area contributed by atoms with Gasteiger partial charge in [0, 0.05) is 10.6 Å². The van der Waals surface area contributed by atoms with Gasteiger partial charge >= 0.3 is 6.03 Å². The molecule has 5 nitrogen and oxygen atoms in total. The molecule has 0 bridgehead atoms. The SMILES string of the molecule is C[C@@H](C(=O)c1cccc(Cl)c1)N1C(=O)N[C@@](C)(c2ccccc2)C1=O. The van der Waals surface area contributed by atoms with Gasteiger partial charge in [0.25, 0.3) is 5.91 Å². The summed E-state index contributed by atoms with van der Waals surface area (Å²) in [6, 6.07) is 13.9. The Labute approximate surface area is 150 Å². The first kappa shape index (κ1) is 17.2. The molecule has 2 aromatic rings. The number of Topliss-reactive ketones (excluding diaryl/α,β-unsaturated/α-hetero) is 1. The normalized spacial score (nSPS) is 21.2. The molecule has 2 aromatic carbocycles. The van der Waals surface area contributed by atoms with Gasteiger partial charge in [-0.05, 0) is 31.5 Å². The van der Waals surface area contributed by atoms with E-state index in [1.54, 1.807) is 49.4 Å². The molecule has 1 saturated heterocycles. The molecule has 2 atom stereocenters. The molecule has 25 heavy (non-hydrogen) atoms. The average Bonchev–Trinajstić information content (AvgIpc) is 2.84. The molecular formula is C19H17ClN2O3. The number of rotatable bonds is 4. The summed E-state index contributed by atoms with van der Waals surface area (Å²) in [7, 11) is 0. The van der Waals surface area contributed by atoms with Crippen LogP contribution in [0.25, 0.3) is 0 Å². The van der Waals surface area contributed by atoms with Gasteiger partial charge < -0.3 is 5.32 Å². The van der Waals surface area contributed by atoms with Crippen molar-refractivity contribution in [1.29, 1.82) is 0 Å². The second-order valence-corrected chi connectivity index (χ2v) is 6.58. The van der Waals surface area contributed by atoms with E-state index in [0.717, 1.165) is 4.90 Å². The molecule has 3 rings (SSSR count). The van der Waals surface area contributed by atoms with E-state index in [0.29, 0.717) is 16.1 Å². The molecule has 6 heteroatoms. The van der Waals surface area contributed by atoms with Crippen molar-refractivity contribution in [3.05, 3.63) is 70.7 Å². The first-order chi connectivity index (χ1) is 11.8. The number of carbonyl (C=O) groups is 3. The quantitative estimate of drug-likeness (QED) is 0.674. The van der Waals surface area contributed by atoms with Gasteiger partial charge in [-0.3, -0.25) is 14.5 Å². The van der Waals surface area contributed by atoms with E-state index in [9.17, 15) is 14.4 Å². The second kappa shape index (κ2) is 6.33. The Bertz CT molecular complexity index is 853. The third-order valence-corrected chi connectivity index (χ3v) is 4.68. The zero-order valence-electron chi connectivity index (χ0n) is 13.8. The molecule has 1 fully saturated rings. The lowest BCUT2D eigenvalue weighted by molar-refractivity contribution is -0.131. The Morgan fingerprint density at radius 1 is 1.12 bits per heavy atom. The summed E-state index contributed by atoms with van der Waals surface area (Å²) in [6.07, 6.45) is 0. The van der Waals surface area contributed by atoms with Crippen LogP contribution in [0.2, 0.25) is 5.02 Å². The van der Waals surface area contributed by atoms with Crippen molar-refractivity contribution in [2.45, 2.75) is 25.4 Å². The monoisotopic (exact) mass is 356 g/mol. The van der Waals surface area contributed by atoms with Crippen LogP contribution in [0.1, 0.15) is 29.8 Å². The lowest BCUT2D eigenvalue weighted by Gasteiger charge is -2.24. The van der Waals surface area contributed by atoms with Crippen LogP contribution in [0.15, 0.2) is 54.6 Å². The summed E-state index contributed by atoms with van der Waals surface area (Å²) in [6.45, 7) is 3.18. The average molecular weight is 357 g/mol. The van der Waals surface area contributed by atoms with Gasteiger partial charge in [-0.25, -0.2) is 4.79 Å². The third-order valence-electron chi connectivity index (χ3n) is 4.45. The smallest absolute Gasteiger partial charge is 0.319 e. The number of hydrogen-bond acceptors (Lipinski definition) is 3. The van der Waals surface area contributed by atoms with E-state index in [1.165, 1.54) is 13.0 Å². The number of amides is 3. The maximum Gasteiger partial charge on any atom is 0.325 e. The van der Waals surface area contributed by atoms with Crippen molar-refractivity contribution in [2.75, 3.05) is 0 Å². The Kier molecular flexibility index (Phi) is 4.35. The van der Waals surface area contributed by atoms with Gasteiger partial charge in [-0.2, -0.15) is 0 Å². The van der Waals surface area contributed by atoms with Crippen molar-refractivity contribution in [2.24, 2.45) is 0 Å². The molecule has 0 aliphatic carbocycles. The van der Waals surface area contributed by atoms with Crippen molar-refractivity contribution < 1.29 is 14.4 Å². The number of ketones is 1. The molecule has 0 spiro atoms. The summed E-state index contributed by atoms with van der Waals surface area (Å²) in [5, 5.41) is 3.12. The molecule has 1 aliphatic rings. The minimum Gasteiger partial charge on any atom is -0.319 e. The topological polar surface area (TPSA) is 66.5 Å². The van der Waals surface area contributed by atoms with Crippen LogP contribution in [0.3, 0.4) is 0 Å². The van der Waals surface area contributed by atoms with Crippen molar-refractivity contribution in [3.63, 3.8) is 0 Å². The molecule has 0 unspecified atom stereocenters. The number of carbonyl (C=O) groups excluding carboxylic acids is 3. The largest absolute Gasteiger partial charge is 0.325 e. The van der Waals surface area contributed by atoms with Gasteiger partial charge in [-0.1, -0.05) is 54.1 Å².